The van der Waals surface area contributed by atoms with Crippen LogP contribution < -0.4 is 5.73 Å². The summed E-state index contributed by atoms with van der Waals surface area (Å²) in [5, 5.41) is 9.68. The van der Waals surface area contributed by atoms with Crippen LogP contribution in [0.15, 0.2) is 12.1 Å². The Bertz CT molecular complexity index is 336. The zero-order chi connectivity index (χ0) is 10.9. The van der Waals surface area contributed by atoms with Gasteiger partial charge in [-0.05, 0) is 18.9 Å². The molecule has 3 N–H and O–H groups in total. The van der Waals surface area contributed by atoms with E-state index in [0.717, 1.165) is 0 Å². The van der Waals surface area contributed by atoms with E-state index in [4.69, 9.17) is 5.73 Å². The second kappa shape index (κ2) is 3.96. The van der Waals surface area contributed by atoms with Crippen molar-refractivity contribution < 1.29 is 9.50 Å². The summed E-state index contributed by atoms with van der Waals surface area (Å²) in [7, 11) is 0. The van der Waals surface area contributed by atoms with Crippen molar-refractivity contribution in [3.05, 3.63) is 29.1 Å². The van der Waals surface area contributed by atoms with E-state index in [0.29, 0.717) is 5.56 Å². The number of rotatable bonds is 2. The standard InChI is InChI=1S/C11H16FNO/c1-6(2)10(13)8-4-5-9(12)7(3)11(8)14/h4-6,10,14H,13H2,1-3H3/t10-/m1/s1. The molecule has 0 aliphatic heterocycles. The number of phenols is 1. The van der Waals surface area contributed by atoms with Crippen LogP contribution in [-0.4, -0.2) is 5.11 Å². The van der Waals surface area contributed by atoms with Crippen LogP contribution in [0, 0.1) is 18.7 Å². The fraction of sp³-hybridized carbons (Fsp3) is 0.455. The van der Waals surface area contributed by atoms with Gasteiger partial charge in [-0.15, -0.1) is 0 Å². The van der Waals surface area contributed by atoms with E-state index in [-0.39, 0.29) is 23.3 Å². The monoisotopic (exact) mass is 197 g/mol. The van der Waals surface area contributed by atoms with E-state index in [1.54, 1.807) is 13.0 Å². The van der Waals surface area contributed by atoms with Crippen LogP contribution in [0.25, 0.3) is 0 Å². The first-order valence-electron chi connectivity index (χ1n) is 4.68. The van der Waals surface area contributed by atoms with Crippen molar-refractivity contribution in [2.45, 2.75) is 26.8 Å². The molecule has 0 fully saturated rings. The third kappa shape index (κ3) is 1.87. The van der Waals surface area contributed by atoms with Crippen molar-refractivity contribution in [1.29, 1.82) is 0 Å². The highest BCUT2D eigenvalue weighted by Gasteiger charge is 2.17. The lowest BCUT2D eigenvalue weighted by Crippen LogP contribution is -2.17. The molecule has 0 aliphatic rings. The second-order valence-electron chi connectivity index (χ2n) is 3.88. The first-order chi connectivity index (χ1) is 6.45. The van der Waals surface area contributed by atoms with Crippen molar-refractivity contribution in [3.8, 4) is 5.75 Å². The molecule has 0 spiro atoms. The lowest BCUT2D eigenvalue weighted by molar-refractivity contribution is 0.430. The predicted octanol–water partition coefficient (Wildman–Crippen LogP) is 2.50. The molecule has 1 aromatic rings. The zero-order valence-electron chi connectivity index (χ0n) is 8.71. The molecule has 0 aliphatic carbocycles. The Kier molecular flexibility index (Phi) is 3.11. The zero-order valence-corrected chi connectivity index (χ0v) is 8.71. The van der Waals surface area contributed by atoms with E-state index in [2.05, 4.69) is 0 Å². The smallest absolute Gasteiger partial charge is 0.129 e. The molecule has 0 heterocycles. The number of benzene rings is 1. The molecule has 1 aromatic carbocycles. The first-order valence-corrected chi connectivity index (χ1v) is 4.68. The maximum absolute atomic E-state index is 13.0. The SMILES string of the molecule is Cc1c(F)ccc([C@H](N)C(C)C)c1O. The van der Waals surface area contributed by atoms with Crippen molar-refractivity contribution in [1.82, 2.24) is 0 Å². The number of nitrogens with two attached hydrogens (primary N) is 1. The van der Waals surface area contributed by atoms with Crippen molar-refractivity contribution in [3.63, 3.8) is 0 Å². The Hall–Kier alpha value is -1.09. The van der Waals surface area contributed by atoms with Gasteiger partial charge >= 0.3 is 0 Å². The van der Waals surface area contributed by atoms with Crippen LogP contribution in [0.3, 0.4) is 0 Å². The number of hydrogen-bond donors (Lipinski definition) is 2. The minimum Gasteiger partial charge on any atom is -0.507 e. The molecule has 3 heteroatoms. The molecule has 0 unspecified atom stereocenters. The third-order valence-corrected chi connectivity index (χ3v) is 2.47. The molecule has 14 heavy (non-hydrogen) atoms. The van der Waals surface area contributed by atoms with Gasteiger partial charge in [0.2, 0.25) is 0 Å². The van der Waals surface area contributed by atoms with Gasteiger partial charge in [-0.3, -0.25) is 0 Å². The van der Waals surface area contributed by atoms with E-state index < -0.39 is 5.82 Å². The minimum absolute atomic E-state index is 0.0220. The van der Waals surface area contributed by atoms with Crippen molar-refractivity contribution >= 4 is 0 Å². The van der Waals surface area contributed by atoms with Crippen LogP contribution >= 0.6 is 0 Å². The average molecular weight is 197 g/mol. The van der Waals surface area contributed by atoms with E-state index >= 15 is 0 Å². The van der Waals surface area contributed by atoms with Crippen LogP contribution in [0.4, 0.5) is 4.39 Å². The Morgan fingerprint density at radius 2 is 1.93 bits per heavy atom. The molecule has 0 saturated heterocycles. The fourth-order valence-electron chi connectivity index (χ4n) is 1.32. The van der Waals surface area contributed by atoms with Crippen molar-refractivity contribution in [2.75, 3.05) is 0 Å². The van der Waals surface area contributed by atoms with Gasteiger partial charge < -0.3 is 10.8 Å². The van der Waals surface area contributed by atoms with E-state index in [1.807, 2.05) is 13.8 Å². The maximum Gasteiger partial charge on any atom is 0.129 e. The number of aromatic hydroxyl groups is 1. The highest BCUT2D eigenvalue weighted by Crippen LogP contribution is 2.31. The lowest BCUT2D eigenvalue weighted by Gasteiger charge is -2.18. The molecule has 0 radical (unpaired) electrons. The quantitative estimate of drug-likeness (QED) is 0.765. The lowest BCUT2D eigenvalue weighted by atomic mass is 9.94. The highest BCUT2D eigenvalue weighted by molar-refractivity contribution is 5.42. The van der Waals surface area contributed by atoms with Gasteiger partial charge in [0.15, 0.2) is 0 Å². The summed E-state index contributed by atoms with van der Waals surface area (Å²) >= 11 is 0. The molecule has 78 valence electrons. The predicted molar refractivity (Wildman–Crippen MR) is 54.6 cm³/mol. The van der Waals surface area contributed by atoms with Gasteiger partial charge in [0.05, 0.1) is 0 Å². The molecule has 1 rings (SSSR count). The van der Waals surface area contributed by atoms with Crippen LogP contribution in [0.1, 0.15) is 31.0 Å². The Morgan fingerprint density at radius 3 is 2.43 bits per heavy atom. The number of phenolic OH excluding ortho intramolecular Hbond substituents is 1. The van der Waals surface area contributed by atoms with Gasteiger partial charge in [0.1, 0.15) is 11.6 Å². The molecule has 1 atom stereocenters. The summed E-state index contributed by atoms with van der Waals surface area (Å²) in [6.07, 6.45) is 0. The summed E-state index contributed by atoms with van der Waals surface area (Å²) in [4.78, 5) is 0. The summed E-state index contributed by atoms with van der Waals surface area (Å²) < 4.78 is 13.0. The number of hydrogen-bond acceptors (Lipinski definition) is 2. The van der Waals surface area contributed by atoms with Crippen LogP contribution in [-0.2, 0) is 0 Å². The topological polar surface area (TPSA) is 46.2 Å². The van der Waals surface area contributed by atoms with Gasteiger partial charge in [0.25, 0.3) is 0 Å². The first kappa shape index (κ1) is 11.0. The molecule has 0 saturated carbocycles. The van der Waals surface area contributed by atoms with Gasteiger partial charge in [-0.1, -0.05) is 19.9 Å². The van der Waals surface area contributed by atoms with Crippen LogP contribution in [0.2, 0.25) is 0 Å². The van der Waals surface area contributed by atoms with Gasteiger partial charge in [0, 0.05) is 17.2 Å². The minimum atomic E-state index is -0.401. The molecule has 0 bridgehead atoms. The van der Waals surface area contributed by atoms with E-state index in [1.165, 1.54) is 6.07 Å². The van der Waals surface area contributed by atoms with E-state index in [9.17, 15) is 9.50 Å². The molecule has 0 aromatic heterocycles. The molecule has 2 nitrogen and oxygen atoms in total. The van der Waals surface area contributed by atoms with Crippen LogP contribution in [0.5, 0.6) is 5.75 Å². The van der Waals surface area contributed by atoms with Crippen molar-refractivity contribution in [2.24, 2.45) is 11.7 Å². The Labute approximate surface area is 83.6 Å². The summed E-state index contributed by atoms with van der Waals surface area (Å²) in [5.41, 5.74) is 6.75. The third-order valence-electron chi connectivity index (χ3n) is 2.47. The molecular weight excluding hydrogens is 181 g/mol. The maximum atomic E-state index is 13.0. The largest absolute Gasteiger partial charge is 0.507 e. The molecule has 0 amide bonds. The Balaban J connectivity index is 3.17. The van der Waals surface area contributed by atoms with Gasteiger partial charge in [-0.25, -0.2) is 4.39 Å². The number of halogens is 1. The summed E-state index contributed by atoms with van der Waals surface area (Å²) in [6.45, 7) is 5.47. The normalized spacial score (nSPS) is 13.3. The summed E-state index contributed by atoms with van der Waals surface area (Å²) in [6, 6.07) is 2.63. The highest BCUT2D eigenvalue weighted by atomic mass is 19.1. The summed E-state index contributed by atoms with van der Waals surface area (Å²) in [5.74, 6) is -0.209. The molecular formula is C11H16FNO. The second-order valence-corrected chi connectivity index (χ2v) is 3.88. The fourth-order valence-corrected chi connectivity index (χ4v) is 1.32. The Morgan fingerprint density at radius 1 is 1.36 bits per heavy atom. The van der Waals surface area contributed by atoms with Gasteiger partial charge in [-0.2, -0.15) is 0 Å². The average Bonchev–Trinajstić information content (AvgIpc) is 2.13.